The standard InChI is InChI=1S/C17H12N2S/c18-14-10-12-8-4-5-9-13(12)15-16(14)20-17(19-15)11-6-2-1-3-7-11/h1-10H,18H2. The van der Waals surface area contributed by atoms with E-state index < -0.39 is 0 Å². The molecule has 0 unspecified atom stereocenters. The largest absolute Gasteiger partial charge is 0.398 e. The molecule has 0 aliphatic carbocycles. The Bertz CT molecular complexity index is 910. The summed E-state index contributed by atoms with van der Waals surface area (Å²) >= 11 is 1.66. The van der Waals surface area contributed by atoms with Crippen LogP contribution in [0.1, 0.15) is 0 Å². The maximum Gasteiger partial charge on any atom is 0.124 e. The molecular formula is C17H12N2S. The number of aromatic nitrogens is 1. The Hall–Kier alpha value is -2.39. The van der Waals surface area contributed by atoms with Crippen LogP contribution in [0.15, 0.2) is 60.7 Å². The Kier molecular flexibility index (Phi) is 2.47. The van der Waals surface area contributed by atoms with Gasteiger partial charge in [-0.1, -0.05) is 54.6 Å². The van der Waals surface area contributed by atoms with Crippen LogP contribution in [0.5, 0.6) is 0 Å². The molecule has 1 heterocycles. The molecule has 3 heteroatoms. The van der Waals surface area contributed by atoms with Gasteiger partial charge in [-0.25, -0.2) is 4.98 Å². The lowest BCUT2D eigenvalue weighted by Gasteiger charge is -2.00. The van der Waals surface area contributed by atoms with E-state index >= 15 is 0 Å². The smallest absolute Gasteiger partial charge is 0.124 e. The van der Waals surface area contributed by atoms with Crippen molar-refractivity contribution in [2.75, 3.05) is 5.73 Å². The van der Waals surface area contributed by atoms with Gasteiger partial charge in [0.2, 0.25) is 0 Å². The fourth-order valence-electron chi connectivity index (χ4n) is 2.47. The van der Waals surface area contributed by atoms with Crippen LogP contribution in [-0.2, 0) is 0 Å². The lowest BCUT2D eigenvalue weighted by Crippen LogP contribution is -1.85. The molecule has 2 nitrogen and oxygen atoms in total. The molecule has 0 aliphatic heterocycles. The van der Waals surface area contributed by atoms with Crippen LogP contribution >= 0.6 is 11.3 Å². The van der Waals surface area contributed by atoms with Crippen molar-refractivity contribution in [3.63, 3.8) is 0 Å². The van der Waals surface area contributed by atoms with Crippen molar-refractivity contribution in [1.82, 2.24) is 4.98 Å². The van der Waals surface area contributed by atoms with Crippen molar-refractivity contribution in [2.45, 2.75) is 0 Å². The summed E-state index contributed by atoms with van der Waals surface area (Å²) in [6.45, 7) is 0. The molecule has 0 atom stereocenters. The molecule has 0 saturated heterocycles. The van der Waals surface area contributed by atoms with Crippen LogP contribution < -0.4 is 5.73 Å². The first kappa shape index (κ1) is 11.4. The summed E-state index contributed by atoms with van der Waals surface area (Å²) < 4.78 is 1.07. The van der Waals surface area contributed by atoms with Crippen LogP contribution in [-0.4, -0.2) is 4.98 Å². The third kappa shape index (κ3) is 1.67. The molecule has 0 radical (unpaired) electrons. The molecule has 3 aromatic carbocycles. The van der Waals surface area contributed by atoms with Crippen LogP contribution in [0.4, 0.5) is 5.69 Å². The average molecular weight is 276 g/mol. The highest BCUT2D eigenvalue weighted by Gasteiger charge is 2.11. The first-order valence-corrected chi connectivity index (χ1v) is 7.28. The maximum atomic E-state index is 6.18. The van der Waals surface area contributed by atoms with Gasteiger partial charge in [0.1, 0.15) is 5.01 Å². The van der Waals surface area contributed by atoms with E-state index in [4.69, 9.17) is 10.7 Å². The van der Waals surface area contributed by atoms with Gasteiger partial charge in [0.25, 0.3) is 0 Å². The predicted octanol–water partition coefficient (Wildman–Crippen LogP) is 4.70. The molecule has 20 heavy (non-hydrogen) atoms. The van der Waals surface area contributed by atoms with Gasteiger partial charge < -0.3 is 5.73 Å². The minimum atomic E-state index is 0.804. The zero-order valence-electron chi connectivity index (χ0n) is 10.7. The molecule has 0 aliphatic rings. The minimum Gasteiger partial charge on any atom is -0.398 e. The summed E-state index contributed by atoms with van der Waals surface area (Å²) in [6.07, 6.45) is 0. The van der Waals surface area contributed by atoms with E-state index in [2.05, 4.69) is 24.3 Å². The molecule has 1 aromatic heterocycles. The van der Waals surface area contributed by atoms with Gasteiger partial charge >= 0.3 is 0 Å². The van der Waals surface area contributed by atoms with Gasteiger partial charge in [-0.3, -0.25) is 0 Å². The minimum absolute atomic E-state index is 0.804. The molecular weight excluding hydrogens is 264 g/mol. The first-order chi connectivity index (χ1) is 9.83. The number of rotatable bonds is 1. The first-order valence-electron chi connectivity index (χ1n) is 6.46. The number of hydrogen-bond donors (Lipinski definition) is 1. The van der Waals surface area contributed by atoms with Crippen molar-refractivity contribution >= 4 is 38.0 Å². The Morgan fingerprint density at radius 3 is 2.50 bits per heavy atom. The summed E-state index contributed by atoms with van der Waals surface area (Å²) in [7, 11) is 0. The van der Waals surface area contributed by atoms with E-state index in [1.807, 2.05) is 36.4 Å². The van der Waals surface area contributed by atoms with Crippen LogP contribution in [0.2, 0.25) is 0 Å². The molecule has 4 aromatic rings. The zero-order chi connectivity index (χ0) is 13.5. The Morgan fingerprint density at radius 2 is 1.65 bits per heavy atom. The second-order valence-corrected chi connectivity index (χ2v) is 5.75. The van der Waals surface area contributed by atoms with Crippen LogP contribution in [0.3, 0.4) is 0 Å². The lowest BCUT2D eigenvalue weighted by molar-refractivity contribution is 1.49. The highest BCUT2D eigenvalue weighted by atomic mass is 32.1. The monoisotopic (exact) mass is 276 g/mol. The van der Waals surface area contributed by atoms with Gasteiger partial charge in [-0.2, -0.15) is 0 Å². The number of thiazole rings is 1. The fraction of sp³-hybridized carbons (Fsp3) is 0. The molecule has 4 rings (SSSR count). The Balaban J connectivity index is 2.08. The van der Waals surface area contributed by atoms with Crippen LogP contribution in [0, 0.1) is 0 Å². The summed E-state index contributed by atoms with van der Waals surface area (Å²) in [5, 5.41) is 3.32. The quantitative estimate of drug-likeness (QED) is 0.512. The number of nitrogens with zero attached hydrogens (tertiary/aromatic N) is 1. The van der Waals surface area contributed by atoms with E-state index in [9.17, 15) is 0 Å². The highest BCUT2D eigenvalue weighted by Crippen LogP contribution is 2.37. The molecule has 0 bridgehead atoms. The Labute approximate surface area is 120 Å². The van der Waals surface area contributed by atoms with Crippen molar-refractivity contribution < 1.29 is 0 Å². The third-order valence-electron chi connectivity index (χ3n) is 3.44. The number of benzene rings is 3. The van der Waals surface area contributed by atoms with Crippen LogP contribution in [0.25, 0.3) is 31.6 Å². The van der Waals surface area contributed by atoms with Gasteiger partial charge in [0.15, 0.2) is 0 Å². The average Bonchev–Trinajstić information content (AvgIpc) is 2.94. The zero-order valence-corrected chi connectivity index (χ0v) is 11.5. The molecule has 0 spiro atoms. The van der Waals surface area contributed by atoms with E-state index in [1.54, 1.807) is 11.3 Å². The topological polar surface area (TPSA) is 38.9 Å². The summed E-state index contributed by atoms with van der Waals surface area (Å²) in [5.74, 6) is 0. The molecule has 0 fully saturated rings. The number of anilines is 1. The van der Waals surface area contributed by atoms with Gasteiger partial charge in [-0.15, -0.1) is 11.3 Å². The SMILES string of the molecule is Nc1cc2ccccc2c2nc(-c3ccccc3)sc12. The fourth-order valence-corrected chi connectivity index (χ4v) is 3.49. The number of nitrogen functional groups attached to an aromatic ring is 1. The molecule has 2 N–H and O–H groups in total. The van der Waals surface area contributed by atoms with Crippen molar-refractivity contribution in [3.05, 3.63) is 60.7 Å². The second-order valence-electron chi connectivity index (χ2n) is 4.75. The normalized spacial score (nSPS) is 11.2. The van der Waals surface area contributed by atoms with E-state index in [1.165, 1.54) is 0 Å². The summed E-state index contributed by atoms with van der Waals surface area (Å²) in [4.78, 5) is 4.81. The third-order valence-corrected chi connectivity index (χ3v) is 4.59. The van der Waals surface area contributed by atoms with Gasteiger partial charge in [0, 0.05) is 10.9 Å². The molecule has 0 saturated carbocycles. The van der Waals surface area contributed by atoms with E-state index in [-0.39, 0.29) is 0 Å². The van der Waals surface area contributed by atoms with Gasteiger partial charge in [-0.05, 0) is 11.5 Å². The highest BCUT2D eigenvalue weighted by molar-refractivity contribution is 7.22. The van der Waals surface area contributed by atoms with Crippen molar-refractivity contribution in [3.8, 4) is 10.6 Å². The summed E-state index contributed by atoms with van der Waals surface area (Å²) in [6, 6.07) is 20.5. The molecule has 0 amide bonds. The number of hydrogen-bond acceptors (Lipinski definition) is 3. The number of fused-ring (bicyclic) bond motifs is 3. The van der Waals surface area contributed by atoms with Crippen molar-refractivity contribution in [2.24, 2.45) is 0 Å². The van der Waals surface area contributed by atoms with E-state index in [0.29, 0.717) is 0 Å². The van der Waals surface area contributed by atoms with Gasteiger partial charge in [0.05, 0.1) is 15.9 Å². The lowest BCUT2D eigenvalue weighted by atomic mass is 10.1. The Morgan fingerprint density at radius 1 is 0.900 bits per heavy atom. The number of nitrogens with two attached hydrogens (primary N) is 1. The molecule has 96 valence electrons. The second kappa shape index (κ2) is 4.32. The predicted molar refractivity (Wildman–Crippen MR) is 87.0 cm³/mol. The summed E-state index contributed by atoms with van der Waals surface area (Å²) in [5.41, 5.74) is 9.13. The van der Waals surface area contributed by atoms with E-state index in [0.717, 1.165) is 37.2 Å². The maximum absolute atomic E-state index is 6.18. The van der Waals surface area contributed by atoms with Crippen molar-refractivity contribution in [1.29, 1.82) is 0 Å².